The smallest absolute Gasteiger partial charge is 0.0467 e. The van der Waals surface area contributed by atoms with Crippen LogP contribution in [-0.4, -0.2) is 31.3 Å². The van der Waals surface area contributed by atoms with Crippen molar-refractivity contribution in [1.29, 1.82) is 0 Å². The summed E-state index contributed by atoms with van der Waals surface area (Å²) in [4.78, 5) is 3.73. The van der Waals surface area contributed by atoms with Crippen LogP contribution in [0.25, 0.3) is 0 Å². The maximum absolute atomic E-state index is 5.96. The standard InChI is InChI=1S/C15H24N2S/c1-11-8-13(11)10-17(2)15(9-16)12-4-6-14(18-3)7-5-12/h4-7,11,13,15H,8-10,16H2,1-3H3. The highest BCUT2D eigenvalue weighted by Gasteiger charge is 2.34. The summed E-state index contributed by atoms with van der Waals surface area (Å²) < 4.78 is 0. The van der Waals surface area contributed by atoms with Crippen molar-refractivity contribution in [3.05, 3.63) is 29.8 Å². The first-order chi connectivity index (χ1) is 8.65. The van der Waals surface area contributed by atoms with Crippen molar-refractivity contribution < 1.29 is 0 Å². The van der Waals surface area contributed by atoms with E-state index in [4.69, 9.17) is 5.73 Å². The van der Waals surface area contributed by atoms with Crippen molar-refractivity contribution in [2.24, 2.45) is 17.6 Å². The third-order valence-electron chi connectivity index (χ3n) is 4.05. The normalized spacial score (nSPS) is 24.3. The van der Waals surface area contributed by atoms with Crippen LogP contribution in [-0.2, 0) is 0 Å². The van der Waals surface area contributed by atoms with Crippen molar-refractivity contribution in [3.63, 3.8) is 0 Å². The molecule has 0 spiro atoms. The van der Waals surface area contributed by atoms with E-state index in [9.17, 15) is 0 Å². The molecule has 2 rings (SSSR count). The molecule has 0 aromatic heterocycles. The number of hydrogen-bond donors (Lipinski definition) is 1. The number of likely N-dealkylation sites (N-methyl/N-ethyl adjacent to an activating group) is 1. The van der Waals surface area contributed by atoms with Gasteiger partial charge in [-0.05, 0) is 49.3 Å². The molecule has 3 unspecified atom stereocenters. The summed E-state index contributed by atoms with van der Waals surface area (Å²) in [7, 11) is 2.20. The minimum Gasteiger partial charge on any atom is -0.329 e. The molecule has 3 atom stereocenters. The van der Waals surface area contributed by atoms with E-state index in [2.05, 4.69) is 49.4 Å². The number of nitrogens with zero attached hydrogens (tertiary/aromatic N) is 1. The topological polar surface area (TPSA) is 29.3 Å². The SMILES string of the molecule is CSc1ccc(C(CN)N(C)CC2CC2C)cc1. The van der Waals surface area contributed by atoms with Gasteiger partial charge in [0.25, 0.3) is 0 Å². The molecule has 0 heterocycles. The summed E-state index contributed by atoms with van der Waals surface area (Å²) in [6.07, 6.45) is 3.49. The van der Waals surface area contributed by atoms with Crippen LogP contribution in [0, 0.1) is 11.8 Å². The van der Waals surface area contributed by atoms with Gasteiger partial charge < -0.3 is 5.73 Å². The Labute approximate surface area is 115 Å². The summed E-state index contributed by atoms with van der Waals surface area (Å²) in [5.74, 6) is 1.79. The number of rotatable bonds is 6. The van der Waals surface area contributed by atoms with E-state index in [1.54, 1.807) is 11.8 Å². The summed E-state index contributed by atoms with van der Waals surface area (Å²) in [6, 6.07) is 9.17. The monoisotopic (exact) mass is 264 g/mol. The van der Waals surface area contributed by atoms with Gasteiger partial charge in [-0.1, -0.05) is 19.1 Å². The Kier molecular flexibility index (Phi) is 4.71. The first-order valence-corrected chi connectivity index (χ1v) is 7.92. The molecule has 1 aromatic rings. The highest BCUT2D eigenvalue weighted by atomic mass is 32.2. The molecule has 2 N–H and O–H groups in total. The van der Waals surface area contributed by atoms with Crippen molar-refractivity contribution in [1.82, 2.24) is 4.90 Å². The van der Waals surface area contributed by atoms with Gasteiger partial charge in [0.15, 0.2) is 0 Å². The lowest BCUT2D eigenvalue weighted by Gasteiger charge is -2.27. The highest BCUT2D eigenvalue weighted by molar-refractivity contribution is 7.98. The second kappa shape index (κ2) is 6.09. The molecule has 18 heavy (non-hydrogen) atoms. The fourth-order valence-corrected chi connectivity index (χ4v) is 2.96. The second-order valence-corrected chi connectivity index (χ2v) is 6.32. The van der Waals surface area contributed by atoms with E-state index in [1.165, 1.54) is 23.4 Å². The third-order valence-corrected chi connectivity index (χ3v) is 4.80. The molecule has 0 aliphatic heterocycles. The quantitative estimate of drug-likeness (QED) is 0.801. The van der Waals surface area contributed by atoms with E-state index in [0.29, 0.717) is 12.6 Å². The van der Waals surface area contributed by atoms with Crippen LogP contribution in [0.3, 0.4) is 0 Å². The fraction of sp³-hybridized carbons (Fsp3) is 0.600. The molecule has 1 aliphatic carbocycles. The molecule has 100 valence electrons. The predicted octanol–water partition coefficient (Wildman–Crippen LogP) is 3.00. The first kappa shape index (κ1) is 13.9. The van der Waals surface area contributed by atoms with Crippen LogP contribution in [0.5, 0.6) is 0 Å². The number of thioether (sulfide) groups is 1. The highest BCUT2D eigenvalue weighted by Crippen LogP contribution is 2.39. The van der Waals surface area contributed by atoms with Gasteiger partial charge in [0.2, 0.25) is 0 Å². The van der Waals surface area contributed by atoms with Gasteiger partial charge in [0, 0.05) is 24.0 Å². The maximum Gasteiger partial charge on any atom is 0.0467 e. The number of benzene rings is 1. The average Bonchev–Trinajstić information content (AvgIpc) is 3.06. The van der Waals surface area contributed by atoms with Gasteiger partial charge >= 0.3 is 0 Å². The molecule has 1 saturated carbocycles. The van der Waals surface area contributed by atoms with Crippen LogP contribution >= 0.6 is 11.8 Å². The van der Waals surface area contributed by atoms with Crippen LogP contribution in [0.15, 0.2) is 29.2 Å². The Morgan fingerprint density at radius 2 is 2.00 bits per heavy atom. The molecule has 1 fully saturated rings. The van der Waals surface area contributed by atoms with E-state index in [-0.39, 0.29) is 0 Å². The molecule has 1 aromatic carbocycles. The van der Waals surface area contributed by atoms with E-state index < -0.39 is 0 Å². The zero-order chi connectivity index (χ0) is 13.1. The molecule has 1 aliphatic rings. The van der Waals surface area contributed by atoms with Crippen molar-refractivity contribution in [2.45, 2.75) is 24.3 Å². The summed E-state index contributed by atoms with van der Waals surface area (Å²) in [5.41, 5.74) is 7.30. The molecule has 3 heteroatoms. The average molecular weight is 264 g/mol. The fourth-order valence-electron chi connectivity index (χ4n) is 2.55. The summed E-state index contributed by atoms with van der Waals surface area (Å²) >= 11 is 1.78. The Bertz CT molecular complexity index is 377. The summed E-state index contributed by atoms with van der Waals surface area (Å²) in [6.45, 7) is 4.20. The molecule has 0 radical (unpaired) electrons. The van der Waals surface area contributed by atoms with E-state index >= 15 is 0 Å². The van der Waals surface area contributed by atoms with Gasteiger partial charge in [-0.2, -0.15) is 0 Å². The molecule has 0 amide bonds. The number of nitrogens with two attached hydrogens (primary N) is 1. The van der Waals surface area contributed by atoms with E-state index in [0.717, 1.165) is 11.8 Å². The largest absolute Gasteiger partial charge is 0.329 e. The molecular weight excluding hydrogens is 240 g/mol. The lowest BCUT2D eigenvalue weighted by Crippen LogP contribution is -2.32. The molecule has 0 saturated heterocycles. The minimum atomic E-state index is 0.355. The van der Waals surface area contributed by atoms with Crippen molar-refractivity contribution in [3.8, 4) is 0 Å². The lowest BCUT2D eigenvalue weighted by molar-refractivity contribution is 0.237. The Hall–Kier alpha value is -0.510. The van der Waals surface area contributed by atoms with Crippen LogP contribution < -0.4 is 5.73 Å². The Balaban J connectivity index is 2.01. The van der Waals surface area contributed by atoms with Crippen LogP contribution in [0.4, 0.5) is 0 Å². The molecule has 0 bridgehead atoms. The molecular formula is C15H24N2S. The first-order valence-electron chi connectivity index (χ1n) is 6.70. The third kappa shape index (κ3) is 3.28. The zero-order valence-electron chi connectivity index (χ0n) is 11.6. The number of hydrogen-bond acceptors (Lipinski definition) is 3. The summed E-state index contributed by atoms with van der Waals surface area (Å²) in [5, 5.41) is 0. The van der Waals surface area contributed by atoms with Gasteiger partial charge in [-0.3, -0.25) is 4.90 Å². The van der Waals surface area contributed by atoms with Crippen LogP contribution in [0.2, 0.25) is 0 Å². The van der Waals surface area contributed by atoms with Crippen LogP contribution in [0.1, 0.15) is 24.9 Å². The van der Waals surface area contributed by atoms with Crippen molar-refractivity contribution >= 4 is 11.8 Å². The van der Waals surface area contributed by atoms with Gasteiger partial charge in [0.1, 0.15) is 0 Å². The van der Waals surface area contributed by atoms with Gasteiger partial charge in [-0.25, -0.2) is 0 Å². The van der Waals surface area contributed by atoms with Gasteiger partial charge in [0.05, 0.1) is 0 Å². The second-order valence-electron chi connectivity index (χ2n) is 5.44. The lowest BCUT2D eigenvalue weighted by atomic mass is 10.1. The van der Waals surface area contributed by atoms with Crippen molar-refractivity contribution in [2.75, 3.05) is 26.4 Å². The minimum absolute atomic E-state index is 0.355. The predicted molar refractivity (Wildman–Crippen MR) is 79.9 cm³/mol. The Morgan fingerprint density at radius 3 is 2.44 bits per heavy atom. The maximum atomic E-state index is 5.96. The van der Waals surface area contributed by atoms with E-state index in [1.807, 2.05) is 0 Å². The van der Waals surface area contributed by atoms with Gasteiger partial charge in [-0.15, -0.1) is 11.8 Å². The Morgan fingerprint density at radius 1 is 1.39 bits per heavy atom. The zero-order valence-corrected chi connectivity index (χ0v) is 12.4. The molecule has 2 nitrogen and oxygen atoms in total.